The van der Waals surface area contributed by atoms with Crippen molar-refractivity contribution >= 4 is 5.78 Å². The molecule has 0 aromatic carbocycles. The van der Waals surface area contributed by atoms with Gasteiger partial charge in [-0.05, 0) is 18.8 Å². The Labute approximate surface area is 60.6 Å². The van der Waals surface area contributed by atoms with Gasteiger partial charge >= 0.3 is 0 Å². The first kappa shape index (κ1) is 7.32. The van der Waals surface area contributed by atoms with E-state index in [9.17, 15) is 4.79 Å². The smallest absolute Gasteiger partial charge is 0.162 e. The summed E-state index contributed by atoms with van der Waals surface area (Å²) in [6.07, 6.45) is 3.33. The first-order valence-electron chi connectivity index (χ1n) is 3.60. The fourth-order valence-corrected chi connectivity index (χ4v) is 1.23. The molecule has 0 radical (unpaired) electrons. The van der Waals surface area contributed by atoms with E-state index < -0.39 is 0 Å². The van der Waals surface area contributed by atoms with E-state index in [4.69, 9.17) is 5.11 Å². The first-order chi connectivity index (χ1) is 4.74. The second kappa shape index (κ2) is 2.86. The van der Waals surface area contributed by atoms with E-state index >= 15 is 0 Å². The Morgan fingerprint density at radius 2 is 2.40 bits per heavy atom. The predicted octanol–water partition coefficient (Wildman–Crippen LogP) is 1.82. The number of rotatable bonds is 0. The number of aliphatic hydroxyl groups is 1. The van der Waals surface area contributed by atoms with Gasteiger partial charge in [-0.15, -0.1) is 0 Å². The molecule has 0 aromatic heterocycles. The Bertz CT molecular complexity index is 170. The highest BCUT2D eigenvalue weighted by atomic mass is 16.2. The molecular formula is C8H12O2. The molecule has 0 aliphatic heterocycles. The molecule has 0 aromatic rings. The van der Waals surface area contributed by atoms with E-state index in [-0.39, 0.29) is 5.78 Å². The summed E-state index contributed by atoms with van der Waals surface area (Å²) >= 11 is 0. The number of aliphatic hydroxyl groups excluding tert-OH is 1. The second-order valence-electron chi connectivity index (χ2n) is 2.93. The zero-order chi connectivity index (χ0) is 7.56. The Morgan fingerprint density at radius 3 is 2.90 bits per heavy atom. The molecule has 0 heterocycles. The average molecular weight is 140 g/mol. The molecule has 0 bridgehead atoms. The van der Waals surface area contributed by atoms with Crippen LogP contribution in [-0.4, -0.2) is 10.9 Å². The second-order valence-corrected chi connectivity index (χ2v) is 2.93. The van der Waals surface area contributed by atoms with Crippen molar-refractivity contribution in [3.05, 3.63) is 11.8 Å². The molecule has 1 fully saturated rings. The molecule has 0 saturated heterocycles. The molecule has 1 saturated carbocycles. The monoisotopic (exact) mass is 140 g/mol. The van der Waals surface area contributed by atoms with Gasteiger partial charge in [0.2, 0.25) is 0 Å². The van der Waals surface area contributed by atoms with E-state index in [1.165, 1.54) is 0 Å². The van der Waals surface area contributed by atoms with Gasteiger partial charge in [0.1, 0.15) is 0 Å². The van der Waals surface area contributed by atoms with Crippen molar-refractivity contribution in [2.75, 3.05) is 0 Å². The standard InChI is InChI=1S/C8H12O2/c1-6-2-3-7(5-9)8(10)4-6/h5-6,9H,2-4H2,1H3/b7-5+. The third kappa shape index (κ3) is 1.38. The van der Waals surface area contributed by atoms with Crippen LogP contribution in [0, 0.1) is 5.92 Å². The van der Waals surface area contributed by atoms with E-state index in [1.54, 1.807) is 0 Å². The molecule has 2 nitrogen and oxygen atoms in total. The maximum Gasteiger partial charge on any atom is 0.162 e. The largest absolute Gasteiger partial charge is 0.515 e. The molecule has 0 spiro atoms. The van der Waals surface area contributed by atoms with Gasteiger partial charge in [-0.2, -0.15) is 0 Å². The third-order valence-corrected chi connectivity index (χ3v) is 1.95. The summed E-state index contributed by atoms with van der Waals surface area (Å²) < 4.78 is 0. The van der Waals surface area contributed by atoms with E-state index in [0.717, 1.165) is 19.1 Å². The minimum absolute atomic E-state index is 0.112. The molecule has 10 heavy (non-hydrogen) atoms. The van der Waals surface area contributed by atoms with Gasteiger partial charge in [0.05, 0.1) is 6.26 Å². The molecule has 1 aliphatic rings. The lowest BCUT2D eigenvalue weighted by atomic mass is 9.87. The zero-order valence-electron chi connectivity index (χ0n) is 6.13. The maximum atomic E-state index is 11.0. The van der Waals surface area contributed by atoms with Crippen LogP contribution in [0.4, 0.5) is 0 Å². The summed E-state index contributed by atoms with van der Waals surface area (Å²) in [5, 5.41) is 8.56. The van der Waals surface area contributed by atoms with Crippen molar-refractivity contribution in [3.8, 4) is 0 Å². The first-order valence-corrected chi connectivity index (χ1v) is 3.60. The van der Waals surface area contributed by atoms with Crippen molar-refractivity contribution in [2.45, 2.75) is 26.2 Å². The molecule has 1 aliphatic carbocycles. The lowest BCUT2D eigenvalue weighted by molar-refractivity contribution is -0.117. The van der Waals surface area contributed by atoms with Crippen molar-refractivity contribution < 1.29 is 9.90 Å². The Morgan fingerprint density at radius 1 is 1.70 bits per heavy atom. The Balaban J connectivity index is 2.61. The van der Waals surface area contributed by atoms with Crippen LogP contribution in [0.1, 0.15) is 26.2 Å². The third-order valence-electron chi connectivity index (χ3n) is 1.95. The van der Waals surface area contributed by atoms with Gasteiger partial charge in [0, 0.05) is 12.0 Å². The Hall–Kier alpha value is -0.790. The minimum Gasteiger partial charge on any atom is -0.515 e. The van der Waals surface area contributed by atoms with Crippen LogP contribution in [0.25, 0.3) is 0 Å². The molecule has 1 rings (SSSR count). The van der Waals surface area contributed by atoms with Crippen LogP contribution in [0.2, 0.25) is 0 Å². The van der Waals surface area contributed by atoms with Crippen molar-refractivity contribution in [3.63, 3.8) is 0 Å². The van der Waals surface area contributed by atoms with E-state index in [1.807, 2.05) is 0 Å². The van der Waals surface area contributed by atoms with Gasteiger partial charge in [0.25, 0.3) is 0 Å². The fourth-order valence-electron chi connectivity index (χ4n) is 1.23. The normalized spacial score (nSPS) is 31.1. The number of hydrogen-bond acceptors (Lipinski definition) is 2. The van der Waals surface area contributed by atoms with Crippen LogP contribution in [0.15, 0.2) is 11.8 Å². The van der Waals surface area contributed by atoms with Crippen LogP contribution in [-0.2, 0) is 4.79 Å². The summed E-state index contributed by atoms with van der Waals surface area (Å²) in [5.41, 5.74) is 0.595. The summed E-state index contributed by atoms with van der Waals surface area (Å²) in [6, 6.07) is 0. The lowest BCUT2D eigenvalue weighted by Crippen LogP contribution is -2.15. The summed E-state index contributed by atoms with van der Waals surface area (Å²) in [6.45, 7) is 2.06. The lowest BCUT2D eigenvalue weighted by Gasteiger charge is -2.17. The zero-order valence-corrected chi connectivity index (χ0v) is 6.13. The van der Waals surface area contributed by atoms with Gasteiger partial charge in [-0.1, -0.05) is 6.92 Å². The van der Waals surface area contributed by atoms with Crippen LogP contribution >= 0.6 is 0 Å². The van der Waals surface area contributed by atoms with Crippen LogP contribution in [0.3, 0.4) is 0 Å². The molecular weight excluding hydrogens is 128 g/mol. The molecule has 1 atom stereocenters. The molecule has 1 N–H and O–H groups in total. The van der Waals surface area contributed by atoms with Gasteiger partial charge < -0.3 is 5.11 Å². The topological polar surface area (TPSA) is 37.3 Å². The number of Topliss-reactive ketones (excluding diaryl/α,β-unsaturated/α-hetero) is 1. The molecule has 0 amide bonds. The van der Waals surface area contributed by atoms with Gasteiger partial charge in [0.15, 0.2) is 5.78 Å². The van der Waals surface area contributed by atoms with Crippen LogP contribution in [0.5, 0.6) is 0 Å². The Kier molecular flexibility index (Phi) is 2.10. The van der Waals surface area contributed by atoms with Crippen molar-refractivity contribution in [1.29, 1.82) is 0 Å². The van der Waals surface area contributed by atoms with E-state index in [0.29, 0.717) is 17.9 Å². The number of ketones is 1. The average Bonchev–Trinajstić information content (AvgIpc) is 1.88. The predicted molar refractivity (Wildman–Crippen MR) is 38.7 cm³/mol. The summed E-state index contributed by atoms with van der Waals surface area (Å²) in [4.78, 5) is 11.0. The summed E-state index contributed by atoms with van der Waals surface area (Å²) in [7, 11) is 0. The number of carbonyl (C=O) groups is 1. The number of allylic oxidation sites excluding steroid dienone is 1. The maximum absolute atomic E-state index is 11.0. The SMILES string of the molecule is CC1CC/C(=C\O)C(=O)C1. The minimum atomic E-state index is 0.112. The molecule has 1 unspecified atom stereocenters. The number of carbonyl (C=O) groups excluding carboxylic acids is 1. The molecule has 2 heteroatoms. The summed E-state index contributed by atoms with van der Waals surface area (Å²) in [5.74, 6) is 0.609. The van der Waals surface area contributed by atoms with E-state index in [2.05, 4.69) is 6.92 Å². The highest BCUT2D eigenvalue weighted by Gasteiger charge is 2.19. The highest BCUT2D eigenvalue weighted by Crippen LogP contribution is 2.24. The van der Waals surface area contributed by atoms with Gasteiger partial charge in [-0.25, -0.2) is 0 Å². The number of hydrogen-bond donors (Lipinski definition) is 1. The van der Waals surface area contributed by atoms with Crippen molar-refractivity contribution in [1.82, 2.24) is 0 Å². The fraction of sp³-hybridized carbons (Fsp3) is 0.625. The molecule has 56 valence electrons. The highest BCUT2D eigenvalue weighted by molar-refractivity contribution is 5.95. The van der Waals surface area contributed by atoms with Crippen molar-refractivity contribution in [2.24, 2.45) is 5.92 Å². The van der Waals surface area contributed by atoms with Crippen LogP contribution < -0.4 is 0 Å². The quantitative estimate of drug-likeness (QED) is 0.411. The van der Waals surface area contributed by atoms with Gasteiger partial charge in [-0.3, -0.25) is 4.79 Å².